The zero-order valence-corrected chi connectivity index (χ0v) is 14.9. The van der Waals surface area contributed by atoms with Gasteiger partial charge in [0, 0.05) is 39.3 Å². The number of amides is 1. The summed E-state index contributed by atoms with van der Waals surface area (Å²) in [6.07, 6.45) is 1.24. The summed E-state index contributed by atoms with van der Waals surface area (Å²) >= 11 is 0. The molecule has 2 saturated heterocycles. The molecule has 0 aliphatic carbocycles. The van der Waals surface area contributed by atoms with Gasteiger partial charge in [-0.3, -0.25) is 9.69 Å². The topological polar surface area (TPSA) is 91.0 Å². The molecular formula is C14H28N4O4S. The third kappa shape index (κ3) is 5.39. The van der Waals surface area contributed by atoms with Crippen LogP contribution in [0.4, 0.5) is 0 Å². The Hall–Kier alpha value is -0.740. The summed E-state index contributed by atoms with van der Waals surface area (Å²) in [6, 6.07) is -0.0746. The van der Waals surface area contributed by atoms with Gasteiger partial charge < -0.3 is 10.1 Å². The maximum atomic E-state index is 12.5. The van der Waals surface area contributed by atoms with E-state index in [1.165, 1.54) is 4.31 Å². The van der Waals surface area contributed by atoms with Crippen molar-refractivity contribution in [2.75, 3.05) is 39.8 Å². The van der Waals surface area contributed by atoms with Gasteiger partial charge in [0.05, 0.1) is 18.8 Å². The lowest BCUT2D eigenvalue weighted by atomic mass is 10.1. The number of hydrogen-bond acceptors (Lipinski definition) is 5. The van der Waals surface area contributed by atoms with Crippen molar-refractivity contribution in [2.24, 2.45) is 0 Å². The lowest BCUT2D eigenvalue weighted by molar-refractivity contribution is -0.122. The molecule has 0 aromatic rings. The number of morpholine rings is 1. The molecule has 2 atom stereocenters. The van der Waals surface area contributed by atoms with E-state index in [4.69, 9.17) is 4.74 Å². The minimum Gasteiger partial charge on any atom is -0.373 e. The quantitative estimate of drug-likeness (QED) is 0.675. The third-order valence-electron chi connectivity index (χ3n) is 4.28. The Morgan fingerprint density at radius 3 is 2.26 bits per heavy atom. The molecule has 0 radical (unpaired) electrons. The van der Waals surface area contributed by atoms with Gasteiger partial charge in [-0.15, -0.1) is 0 Å². The van der Waals surface area contributed by atoms with Crippen LogP contribution in [0, 0.1) is 0 Å². The minimum absolute atomic E-state index is 0.0136. The van der Waals surface area contributed by atoms with Gasteiger partial charge in [-0.1, -0.05) is 0 Å². The predicted octanol–water partition coefficient (Wildman–Crippen LogP) is -0.860. The standard InChI is InChI=1S/C14H28N4O4S/c1-11-8-18(9-12(2)22-11)23(20,21)16-13-4-6-17(7-5-13)10-14(19)15-3/h11-13,16H,4-10H2,1-3H3,(H,15,19). The molecular weight excluding hydrogens is 320 g/mol. The van der Waals surface area contributed by atoms with Gasteiger partial charge in [0.1, 0.15) is 0 Å². The summed E-state index contributed by atoms with van der Waals surface area (Å²) in [5, 5.41) is 2.60. The number of carbonyl (C=O) groups excluding carboxylic acids is 1. The molecule has 2 aliphatic heterocycles. The van der Waals surface area contributed by atoms with E-state index >= 15 is 0 Å². The zero-order valence-electron chi connectivity index (χ0n) is 14.1. The Labute approximate surface area is 138 Å². The maximum absolute atomic E-state index is 12.5. The molecule has 2 rings (SSSR count). The van der Waals surface area contributed by atoms with Crippen LogP contribution >= 0.6 is 0 Å². The first-order chi connectivity index (χ1) is 10.8. The fraction of sp³-hybridized carbons (Fsp3) is 0.929. The highest BCUT2D eigenvalue weighted by molar-refractivity contribution is 7.87. The van der Waals surface area contributed by atoms with Crippen molar-refractivity contribution in [2.45, 2.75) is 44.9 Å². The van der Waals surface area contributed by atoms with Crippen LogP contribution in [0.15, 0.2) is 0 Å². The molecule has 2 fully saturated rings. The first-order valence-corrected chi connectivity index (χ1v) is 9.60. The van der Waals surface area contributed by atoms with Crippen molar-refractivity contribution in [1.82, 2.24) is 19.2 Å². The second kappa shape index (κ2) is 7.89. The van der Waals surface area contributed by atoms with E-state index in [1.54, 1.807) is 7.05 Å². The SMILES string of the molecule is CNC(=O)CN1CCC(NS(=O)(=O)N2CC(C)OC(C)C2)CC1. The summed E-state index contributed by atoms with van der Waals surface area (Å²) in [7, 11) is -1.87. The molecule has 1 amide bonds. The van der Waals surface area contributed by atoms with Gasteiger partial charge in [0.15, 0.2) is 0 Å². The van der Waals surface area contributed by atoms with E-state index in [9.17, 15) is 13.2 Å². The summed E-state index contributed by atoms with van der Waals surface area (Å²) in [6.45, 7) is 6.34. The maximum Gasteiger partial charge on any atom is 0.279 e. The Kier molecular flexibility index (Phi) is 6.38. The summed E-state index contributed by atoms with van der Waals surface area (Å²) in [5.74, 6) is -0.0136. The largest absolute Gasteiger partial charge is 0.373 e. The molecule has 0 bridgehead atoms. The number of nitrogens with one attached hydrogen (secondary N) is 2. The van der Waals surface area contributed by atoms with Crippen LogP contribution < -0.4 is 10.0 Å². The van der Waals surface area contributed by atoms with Crippen LogP contribution in [0.2, 0.25) is 0 Å². The molecule has 2 heterocycles. The molecule has 0 aromatic carbocycles. The Morgan fingerprint density at radius 2 is 1.74 bits per heavy atom. The highest BCUT2D eigenvalue weighted by atomic mass is 32.2. The fourth-order valence-corrected chi connectivity index (χ4v) is 4.72. The monoisotopic (exact) mass is 348 g/mol. The number of hydrogen-bond donors (Lipinski definition) is 2. The number of carbonyl (C=O) groups is 1. The lowest BCUT2D eigenvalue weighted by Gasteiger charge is -2.37. The Balaban J connectivity index is 1.84. The minimum atomic E-state index is -3.49. The van der Waals surface area contributed by atoms with E-state index < -0.39 is 10.2 Å². The molecule has 9 heteroatoms. The summed E-state index contributed by atoms with van der Waals surface area (Å²) in [4.78, 5) is 13.4. The normalized spacial score (nSPS) is 28.7. The molecule has 23 heavy (non-hydrogen) atoms. The van der Waals surface area contributed by atoms with Crippen LogP contribution in [-0.2, 0) is 19.7 Å². The van der Waals surface area contributed by atoms with Gasteiger partial charge in [0.25, 0.3) is 10.2 Å². The van der Waals surface area contributed by atoms with Gasteiger partial charge in [-0.25, -0.2) is 0 Å². The number of likely N-dealkylation sites (tertiary alicyclic amines) is 1. The summed E-state index contributed by atoms with van der Waals surface area (Å²) in [5.41, 5.74) is 0. The van der Waals surface area contributed by atoms with Gasteiger partial charge >= 0.3 is 0 Å². The lowest BCUT2D eigenvalue weighted by Crippen LogP contribution is -2.55. The highest BCUT2D eigenvalue weighted by Crippen LogP contribution is 2.16. The Morgan fingerprint density at radius 1 is 1.17 bits per heavy atom. The van der Waals surface area contributed by atoms with E-state index in [-0.39, 0.29) is 24.2 Å². The molecule has 0 spiro atoms. The van der Waals surface area contributed by atoms with Gasteiger partial charge in [-0.2, -0.15) is 17.4 Å². The number of rotatable bonds is 5. The van der Waals surface area contributed by atoms with Crippen LogP contribution in [0.3, 0.4) is 0 Å². The smallest absolute Gasteiger partial charge is 0.279 e. The first kappa shape index (κ1) is 18.6. The van der Waals surface area contributed by atoms with Crippen molar-refractivity contribution >= 4 is 16.1 Å². The zero-order chi connectivity index (χ0) is 17.0. The molecule has 134 valence electrons. The van der Waals surface area contributed by atoms with E-state index in [2.05, 4.69) is 10.0 Å². The van der Waals surface area contributed by atoms with Crippen molar-refractivity contribution in [1.29, 1.82) is 0 Å². The summed E-state index contributed by atoms with van der Waals surface area (Å²) < 4.78 is 34.9. The van der Waals surface area contributed by atoms with Crippen LogP contribution in [0.5, 0.6) is 0 Å². The molecule has 2 aliphatic rings. The first-order valence-electron chi connectivity index (χ1n) is 8.16. The number of likely N-dealkylation sites (N-methyl/N-ethyl adjacent to an activating group) is 1. The Bertz CT molecular complexity index is 495. The second-order valence-electron chi connectivity index (χ2n) is 6.42. The van der Waals surface area contributed by atoms with Crippen molar-refractivity contribution in [3.8, 4) is 0 Å². The fourth-order valence-electron chi connectivity index (χ4n) is 3.10. The average Bonchev–Trinajstić information content (AvgIpc) is 2.48. The second-order valence-corrected chi connectivity index (χ2v) is 8.12. The van der Waals surface area contributed by atoms with Crippen LogP contribution in [0.1, 0.15) is 26.7 Å². The third-order valence-corrected chi connectivity index (χ3v) is 5.88. The van der Waals surface area contributed by atoms with E-state index in [0.29, 0.717) is 32.5 Å². The van der Waals surface area contributed by atoms with E-state index in [0.717, 1.165) is 13.1 Å². The van der Waals surface area contributed by atoms with Crippen LogP contribution in [0.25, 0.3) is 0 Å². The molecule has 2 N–H and O–H groups in total. The average molecular weight is 348 g/mol. The van der Waals surface area contributed by atoms with Crippen molar-refractivity contribution < 1.29 is 17.9 Å². The highest BCUT2D eigenvalue weighted by Gasteiger charge is 2.33. The number of piperidine rings is 1. The molecule has 2 unspecified atom stereocenters. The van der Waals surface area contributed by atoms with Crippen molar-refractivity contribution in [3.63, 3.8) is 0 Å². The van der Waals surface area contributed by atoms with Crippen LogP contribution in [-0.4, -0.2) is 81.6 Å². The number of ether oxygens (including phenoxy) is 1. The molecule has 8 nitrogen and oxygen atoms in total. The molecule has 0 saturated carbocycles. The van der Waals surface area contributed by atoms with Gasteiger partial charge in [0.2, 0.25) is 5.91 Å². The van der Waals surface area contributed by atoms with Crippen molar-refractivity contribution in [3.05, 3.63) is 0 Å². The molecule has 0 aromatic heterocycles. The van der Waals surface area contributed by atoms with Gasteiger partial charge in [-0.05, 0) is 26.7 Å². The predicted molar refractivity (Wildman–Crippen MR) is 87.2 cm³/mol. The number of nitrogens with zero attached hydrogens (tertiary/aromatic N) is 2. The van der Waals surface area contributed by atoms with E-state index in [1.807, 2.05) is 18.7 Å².